The standard InChI is InChI=1S/C18H24BrN/c1-3-4-5-6-7-18(20-2)16-9-8-15-13-17(19)11-10-14(15)12-16/h8-13,18,20H,3-7H2,1-2H3. The summed E-state index contributed by atoms with van der Waals surface area (Å²) in [6.45, 7) is 2.26. The summed E-state index contributed by atoms with van der Waals surface area (Å²) in [5.74, 6) is 0. The Bertz CT molecular complexity index is 550. The predicted octanol–water partition coefficient (Wildman–Crippen LogP) is 5.83. The van der Waals surface area contributed by atoms with Gasteiger partial charge in [0.25, 0.3) is 0 Å². The van der Waals surface area contributed by atoms with Crippen LogP contribution in [-0.4, -0.2) is 7.05 Å². The first-order chi connectivity index (χ1) is 9.74. The molecule has 0 aliphatic heterocycles. The molecular weight excluding hydrogens is 310 g/mol. The van der Waals surface area contributed by atoms with Crippen molar-refractivity contribution < 1.29 is 0 Å². The van der Waals surface area contributed by atoms with E-state index in [-0.39, 0.29) is 0 Å². The van der Waals surface area contributed by atoms with E-state index in [1.807, 2.05) is 0 Å². The second-order valence-corrected chi connectivity index (χ2v) is 6.36. The van der Waals surface area contributed by atoms with Crippen molar-refractivity contribution in [2.75, 3.05) is 7.05 Å². The van der Waals surface area contributed by atoms with Crippen LogP contribution in [0.2, 0.25) is 0 Å². The van der Waals surface area contributed by atoms with E-state index in [1.54, 1.807) is 0 Å². The van der Waals surface area contributed by atoms with Gasteiger partial charge in [0.2, 0.25) is 0 Å². The maximum Gasteiger partial charge on any atom is 0.0317 e. The Morgan fingerprint density at radius 2 is 1.75 bits per heavy atom. The molecule has 0 saturated carbocycles. The van der Waals surface area contributed by atoms with Crippen molar-refractivity contribution in [3.05, 3.63) is 46.4 Å². The van der Waals surface area contributed by atoms with Crippen molar-refractivity contribution in [1.82, 2.24) is 5.32 Å². The molecule has 1 nitrogen and oxygen atoms in total. The summed E-state index contributed by atoms with van der Waals surface area (Å²) in [5.41, 5.74) is 1.40. The highest BCUT2D eigenvalue weighted by Crippen LogP contribution is 2.26. The SMILES string of the molecule is CCCCCCC(NC)c1ccc2cc(Br)ccc2c1. The molecule has 2 aromatic carbocycles. The Kier molecular flexibility index (Phi) is 6.06. The number of nitrogens with one attached hydrogen (secondary N) is 1. The molecule has 0 bridgehead atoms. The zero-order valence-electron chi connectivity index (χ0n) is 12.5. The predicted molar refractivity (Wildman–Crippen MR) is 92.2 cm³/mol. The third-order valence-electron chi connectivity index (χ3n) is 3.92. The lowest BCUT2D eigenvalue weighted by Gasteiger charge is -2.17. The first kappa shape index (κ1) is 15.5. The fourth-order valence-electron chi connectivity index (χ4n) is 2.70. The van der Waals surface area contributed by atoms with E-state index >= 15 is 0 Å². The molecule has 0 aliphatic rings. The number of fused-ring (bicyclic) bond motifs is 1. The number of hydrogen-bond donors (Lipinski definition) is 1. The molecule has 0 saturated heterocycles. The van der Waals surface area contributed by atoms with Crippen LogP contribution in [-0.2, 0) is 0 Å². The summed E-state index contributed by atoms with van der Waals surface area (Å²) in [7, 11) is 2.07. The zero-order valence-corrected chi connectivity index (χ0v) is 14.0. The number of rotatable bonds is 7. The Morgan fingerprint density at radius 3 is 2.50 bits per heavy atom. The topological polar surface area (TPSA) is 12.0 Å². The summed E-state index contributed by atoms with van der Waals surface area (Å²) in [5, 5.41) is 6.08. The molecular formula is C18H24BrN. The van der Waals surface area contributed by atoms with Crippen LogP contribution in [0.4, 0.5) is 0 Å². The van der Waals surface area contributed by atoms with Crippen LogP contribution in [0.25, 0.3) is 10.8 Å². The van der Waals surface area contributed by atoms with Gasteiger partial charge in [0.05, 0.1) is 0 Å². The van der Waals surface area contributed by atoms with E-state index in [1.165, 1.54) is 48.4 Å². The van der Waals surface area contributed by atoms with Crippen LogP contribution >= 0.6 is 15.9 Å². The molecule has 20 heavy (non-hydrogen) atoms. The van der Waals surface area contributed by atoms with Gasteiger partial charge in [-0.15, -0.1) is 0 Å². The molecule has 2 heteroatoms. The van der Waals surface area contributed by atoms with Gasteiger partial charge in [-0.05, 0) is 48.0 Å². The van der Waals surface area contributed by atoms with Crippen molar-refractivity contribution in [2.24, 2.45) is 0 Å². The molecule has 108 valence electrons. The third-order valence-corrected chi connectivity index (χ3v) is 4.42. The first-order valence-corrected chi connectivity index (χ1v) is 8.40. The third kappa shape index (κ3) is 4.07. The summed E-state index contributed by atoms with van der Waals surface area (Å²) < 4.78 is 1.14. The van der Waals surface area contributed by atoms with Crippen LogP contribution in [0.15, 0.2) is 40.9 Å². The van der Waals surface area contributed by atoms with Gasteiger partial charge in [-0.1, -0.05) is 66.7 Å². The van der Waals surface area contributed by atoms with Crippen LogP contribution in [0.3, 0.4) is 0 Å². The molecule has 1 atom stereocenters. The molecule has 0 heterocycles. The van der Waals surface area contributed by atoms with E-state index in [2.05, 4.69) is 71.6 Å². The maximum atomic E-state index is 3.53. The van der Waals surface area contributed by atoms with Gasteiger partial charge in [-0.2, -0.15) is 0 Å². The van der Waals surface area contributed by atoms with Crippen molar-refractivity contribution in [3.63, 3.8) is 0 Å². The zero-order chi connectivity index (χ0) is 14.4. The average Bonchev–Trinajstić information content (AvgIpc) is 2.47. The molecule has 2 rings (SSSR count). The van der Waals surface area contributed by atoms with Crippen LogP contribution in [0.1, 0.15) is 50.6 Å². The largest absolute Gasteiger partial charge is 0.313 e. The van der Waals surface area contributed by atoms with Gasteiger partial charge in [-0.25, -0.2) is 0 Å². The molecule has 0 spiro atoms. The van der Waals surface area contributed by atoms with Gasteiger partial charge >= 0.3 is 0 Å². The summed E-state index contributed by atoms with van der Waals surface area (Å²) in [6.07, 6.45) is 6.52. The molecule has 1 unspecified atom stereocenters. The molecule has 0 amide bonds. The van der Waals surface area contributed by atoms with Crippen molar-refractivity contribution in [2.45, 2.75) is 45.1 Å². The second-order valence-electron chi connectivity index (χ2n) is 5.44. The normalized spacial score (nSPS) is 12.8. The molecule has 0 aliphatic carbocycles. The maximum absolute atomic E-state index is 3.53. The van der Waals surface area contributed by atoms with E-state index in [9.17, 15) is 0 Å². The lowest BCUT2D eigenvalue weighted by Crippen LogP contribution is -2.16. The minimum Gasteiger partial charge on any atom is -0.313 e. The average molecular weight is 334 g/mol. The van der Waals surface area contributed by atoms with Crippen LogP contribution in [0.5, 0.6) is 0 Å². The van der Waals surface area contributed by atoms with E-state index < -0.39 is 0 Å². The second kappa shape index (κ2) is 7.80. The highest BCUT2D eigenvalue weighted by molar-refractivity contribution is 9.10. The summed E-state index contributed by atoms with van der Waals surface area (Å²) in [6, 6.07) is 13.8. The smallest absolute Gasteiger partial charge is 0.0317 e. The molecule has 2 aromatic rings. The number of halogens is 1. The summed E-state index contributed by atoms with van der Waals surface area (Å²) >= 11 is 3.53. The van der Waals surface area contributed by atoms with Crippen LogP contribution in [0, 0.1) is 0 Å². The monoisotopic (exact) mass is 333 g/mol. The van der Waals surface area contributed by atoms with E-state index in [0.29, 0.717) is 6.04 Å². The van der Waals surface area contributed by atoms with Gasteiger partial charge < -0.3 is 5.32 Å². The fourth-order valence-corrected chi connectivity index (χ4v) is 3.08. The van der Waals surface area contributed by atoms with E-state index in [4.69, 9.17) is 0 Å². The molecule has 0 aromatic heterocycles. The van der Waals surface area contributed by atoms with Crippen molar-refractivity contribution in [3.8, 4) is 0 Å². The van der Waals surface area contributed by atoms with E-state index in [0.717, 1.165) is 4.47 Å². The lowest BCUT2D eigenvalue weighted by atomic mass is 9.97. The minimum absolute atomic E-state index is 0.472. The van der Waals surface area contributed by atoms with Crippen LogP contribution < -0.4 is 5.32 Å². The lowest BCUT2D eigenvalue weighted by molar-refractivity contribution is 0.505. The first-order valence-electron chi connectivity index (χ1n) is 7.61. The van der Waals surface area contributed by atoms with Gasteiger partial charge in [0.1, 0.15) is 0 Å². The Hall–Kier alpha value is -0.860. The van der Waals surface area contributed by atoms with Gasteiger partial charge in [0.15, 0.2) is 0 Å². The fraction of sp³-hybridized carbons (Fsp3) is 0.444. The highest BCUT2D eigenvalue weighted by atomic mass is 79.9. The Balaban J connectivity index is 2.11. The summed E-state index contributed by atoms with van der Waals surface area (Å²) in [4.78, 5) is 0. The number of hydrogen-bond acceptors (Lipinski definition) is 1. The van der Waals surface area contributed by atoms with Gasteiger partial charge in [0, 0.05) is 10.5 Å². The Labute approximate surface area is 130 Å². The number of unbranched alkanes of at least 4 members (excludes halogenated alkanes) is 3. The quantitative estimate of drug-likeness (QED) is 0.628. The molecule has 0 radical (unpaired) electrons. The minimum atomic E-state index is 0.472. The van der Waals surface area contributed by atoms with Crippen molar-refractivity contribution in [1.29, 1.82) is 0 Å². The highest BCUT2D eigenvalue weighted by Gasteiger charge is 2.09. The number of benzene rings is 2. The Morgan fingerprint density at radius 1 is 1.00 bits per heavy atom. The molecule has 1 N–H and O–H groups in total. The van der Waals surface area contributed by atoms with Crippen molar-refractivity contribution >= 4 is 26.7 Å². The van der Waals surface area contributed by atoms with Gasteiger partial charge in [-0.3, -0.25) is 0 Å². The molecule has 0 fully saturated rings.